The highest BCUT2D eigenvalue weighted by molar-refractivity contribution is 8.01. The maximum Gasteiger partial charge on any atom is 0.154 e. The highest BCUT2D eigenvalue weighted by Crippen LogP contribution is 2.39. The number of rotatable bonds is 5. The van der Waals surface area contributed by atoms with Crippen molar-refractivity contribution in [2.45, 2.75) is 29.1 Å². The van der Waals surface area contributed by atoms with Crippen molar-refractivity contribution in [2.75, 3.05) is 14.2 Å². The van der Waals surface area contributed by atoms with Gasteiger partial charge in [-0.15, -0.1) is 11.3 Å². The van der Waals surface area contributed by atoms with E-state index in [4.69, 9.17) is 4.74 Å². The van der Waals surface area contributed by atoms with Gasteiger partial charge in [-0.25, -0.2) is 4.98 Å². The second-order valence-electron chi connectivity index (χ2n) is 4.24. The van der Waals surface area contributed by atoms with E-state index in [0.29, 0.717) is 0 Å². The van der Waals surface area contributed by atoms with Crippen molar-refractivity contribution in [3.8, 4) is 5.75 Å². The third-order valence-electron chi connectivity index (χ3n) is 2.91. The Balaban J connectivity index is 2.38. The molecule has 1 unspecified atom stereocenters. The summed E-state index contributed by atoms with van der Waals surface area (Å²) in [5.41, 5.74) is 2.25. The Morgan fingerprint density at radius 2 is 2.21 bits per heavy atom. The van der Waals surface area contributed by atoms with E-state index in [9.17, 15) is 0 Å². The second kappa shape index (κ2) is 6.41. The lowest BCUT2D eigenvalue weighted by Crippen LogP contribution is -2.14. The van der Waals surface area contributed by atoms with Gasteiger partial charge in [0.15, 0.2) is 4.34 Å². The average Bonchev–Trinajstić information content (AvgIpc) is 2.83. The van der Waals surface area contributed by atoms with Crippen molar-refractivity contribution in [2.24, 2.45) is 0 Å². The number of hydrogen-bond acceptors (Lipinski definition) is 5. The van der Waals surface area contributed by atoms with E-state index in [1.807, 2.05) is 26.1 Å². The highest BCUT2D eigenvalue weighted by atomic mass is 32.2. The lowest BCUT2D eigenvalue weighted by molar-refractivity contribution is 0.401. The fourth-order valence-corrected chi connectivity index (χ4v) is 3.87. The molecule has 1 aromatic heterocycles. The molecule has 0 aliphatic carbocycles. The van der Waals surface area contributed by atoms with Crippen LogP contribution in [0.5, 0.6) is 5.75 Å². The molecule has 0 saturated carbocycles. The normalized spacial score (nSPS) is 12.4. The number of ether oxygens (including phenoxy) is 1. The lowest BCUT2D eigenvalue weighted by atomic mass is 10.1. The Bertz CT molecular complexity index is 554. The van der Waals surface area contributed by atoms with Crippen LogP contribution in [0.2, 0.25) is 0 Å². The zero-order valence-corrected chi connectivity index (χ0v) is 13.2. The van der Waals surface area contributed by atoms with Gasteiger partial charge in [-0.3, -0.25) is 0 Å². The number of nitrogens with one attached hydrogen (secondary N) is 1. The first-order valence-electron chi connectivity index (χ1n) is 6.10. The Labute approximate surface area is 122 Å². The molecule has 0 fully saturated rings. The molecule has 0 radical (unpaired) electrons. The van der Waals surface area contributed by atoms with Crippen LogP contribution in [0.1, 0.15) is 24.2 Å². The van der Waals surface area contributed by atoms with Gasteiger partial charge < -0.3 is 10.1 Å². The molecule has 19 heavy (non-hydrogen) atoms. The second-order valence-corrected chi connectivity index (χ2v) is 6.39. The molecule has 1 heterocycles. The van der Waals surface area contributed by atoms with Crippen molar-refractivity contribution in [3.63, 3.8) is 0 Å². The minimum absolute atomic E-state index is 0.236. The van der Waals surface area contributed by atoms with Crippen LogP contribution in [0.3, 0.4) is 0 Å². The molecule has 2 rings (SSSR count). The van der Waals surface area contributed by atoms with E-state index in [0.717, 1.165) is 15.8 Å². The molecule has 102 valence electrons. The fraction of sp³-hybridized carbons (Fsp3) is 0.357. The molecule has 0 aliphatic rings. The molecule has 3 nitrogen and oxygen atoms in total. The fourth-order valence-electron chi connectivity index (χ4n) is 1.84. The van der Waals surface area contributed by atoms with Crippen LogP contribution in [0.15, 0.2) is 32.8 Å². The van der Waals surface area contributed by atoms with Gasteiger partial charge in [0.05, 0.1) is 7.11 Å². The van der Waals surface area contributed by atoms with Crippen LogP contribution in [-0.2, 0) is 0 Å². The van der Waals surface area contributed by atoms with Gasteiger partial charge in [0.1, 0.15) is 5.75 Å². The molecule has 1 N–H and O–H groups in total. The Morgan fingerprint density at radius 3 is 2.79 bits per heavy atom. The number of aryl methyl sites for hydroxylation is 1. The van der Waals surface area contributed by atoms with Crippen LogP contribution >= 0.6 is 23.1 Å². The summed E-state index contributed by atoms with van der Waals surface area (Å²) in [6, 6.07) is 6.38. The molecule has 5 heteroatoms. The molecule has 0 spiro atoms. The van der Waals surface area contributed by atoms with E-state index < -0.39 is 0 Å². The van der Waals surface area contributed by atoms with E-state index in [2.05, 4.69) is 28.7 Å². The van der Waals surface area contributed by atoms with Crippen LogP contribution in [-0.4, -0.2) is 19.1 Å². The monoisotopic (exact) mass is 294 g/mol. The summed E-state index contributed by atoms with van der Waals surface area (Å²) in [5.74, 6) is 0.917. The van der Waals surface area contributed by atoms with E-state index in [1.165, 1.54) is 10.5 Å². The van der Waals surface area contributed by atoms with Gasteiger partial charge in [0.25, 0.3) is 0 Å². The van der Waals surface area contributed by atoms with Gasteiger partial charge in [0.2, 0.25) is 0 Å². The van der Waals surface area contributed by atoms with Crippen molar-refractivity contribution in [1.29, 1.82) is 0 Å². The number of thiazole rings is 1. The number of nitrogens with zero attached hydrogens (tertiary/aromatic N) is 1. The van der Waals surface area contributed by atoms with E-state index in [-0.39, 0.29) is 6.04 Å². The van der Waals surface area contributed by atoms with E-state index in [1.54, 1.807) is 30.2 Å². The van der Waals surface area contributed by atoms with Gasteiger partial charge in [-0.1, -0.05) is 17.8 Å². The number of benzene rings is 1. The van der Waals surface area contributed by atoms with Crippen LogP contribution in [0, 0.1) is 6.92 Å². The Hall–Kier alpha value is -1.04. The van der Waals surface area contributed by atoms with Gasteiger partial charge in [-0.2, -0.15) is 0 Å². The van der Waals surface area contributed by atoms with Crippen LogP contribution in [0.25, 0.3) is 0 Å². The number of methoxy groups -OCH3 is 1. The minimum atomic E-state index is 0.236. The quantitative estimate of drug-likeness (QED) is 0.907. The molecule has 0 saturated heterocycles. The predicted molar refractivity (Wildman–Crippen MR) is 81.4 cm³/mol. The smallest absolute Gasteiger partial charge is 0.154 e. The molecule has 1 atom stereocenters. The number of hydrogen-bond donors (Lipinski definition) is 1. The molecule has 1 aromatic carbocycles. The summed E-state index contributed by atoms with van der Waals surface area (Å²) in [6.07, 6.45) is 0. The first kappa shape index (κ1) is 14.4. The molecular formula is C14H18N2OS2. The summed E-state index contributed by atoms with van der Waals surface area (Å²) in [5, 5.41) is 5.35. The summed E-state index contributed by atoms with van der Waals surface area (Å²) >= 11 is 3.37. The van der Waals surface area contributed by atoms with Gasteiger partial charge >= 0.3 is 0 Å². The van der Waals surface area contributed by atoms with Crippen LogP contribution in [0.4, 0.5) is 0 Å². The summed E-state index contributed by atoms with van der Waals surface area (Å²) in [6.45, 7) is 4.15. The summed E-state index contributed by atoms with van der Waals surface area (Å²) < 4.78 is 6.55. The molecule has 0 aliphatic heterocycles. The molecule has 0 amide bonds. The van der Waals surface area contributed by atoms with Crippen molar-refractivity contribution >= 4 is 23.1 Å². The van der Waals surface area contributed by atoms with Crippen molar-refractivity contribution < 1.29 is 4.74 Å². The lowest BCUT2D eigenvalue weighted by Gasteiger charge is -2.18. The largest absolute Gasteiger partial charge is 0.496 e. The number of aromatic nitrogens is 1. The highest BCUT2D eigenvalue weighted by Gasteiger charge is 2.16. The van der Waals surface area contributed by atoms with Crippen molar-refractivity contribution in [1.82, 2.24) is 10.3 Å². The molecular weight excluding hydrogens is 276 g/mol. The Morgan fingerprint density at radius 1 is 1.42 bits per heavy atom. The van der Waals surface area contributed by atoms with E-state index >= 15 is 0 Å². The zero-order chi connectivity index (χ0) is 13.8. The van der Waals surface area contributed by atoms with Crippen molar-refractivity contribution in [3.05, 3.63) is 34.8 Å². The predicted octanol–water partition coefficient (Wildman–Crippen LogP) is 3.89. The van der Waals surface area contributed by atoms with Crippen LogP contribution < -0.4 is 10.1 Å². The molecule has 0 bridgehead atoms. The first-order chi connectivity index (χ1) is 9.15. The minimum Gasteiger partial charge on any atom is -0.496 e. The maximum atomic E-state index is 5.48. The maximum absolute atomic E-state index is 5.48. The topological polar surface area (TPSA) is 34.1 Å². The third-order valence-corrected chi connectivity index (χ3v) is 5.04. The third kappa shape index (κ3) is 3.29. The van der Waals surface area contributed by atoms with Gasteiger partial charge in [-0.05, 0) is 33.0 Å². The molecule has 2 aromatic rings. The SMILES string of the molecule is CNC(C)c1c(OC)cccc1Sc1nc(C)cs1. The summed E-state index contributed by atoms with van der Waals surface area (Å²) in [7, 11) is 3.67. The Kier molecular flexibility index (Phi) is 4.85. The van der Waals surface area contributed by atoms with Gasteiger partial charge in [0, 0.05) is 27.6 Å². The zero-order valence-electron chi connectivity index (χ0n) is 11.6. The summed E-state index contributed by atoms with van der Waals surface area (Å²) in [4.78, 5) is 5.70. The standard InChI is InChI=1S/C14H18N2OS2/c1-9-8-18-14(16-9)19-12-7-5-6-11(17-4)13(12)10(2)15-3/h5-8,10,15H,1-4H3. The first-order valence-corrected chi connectivity index (χ1v) is 7.79. The average molecular weight is 294 g/mol.